The van der Waals surface area contributed by atoms with Crippen molar-refractivity contribution in [1.29, 1.82) is 0 Å². The Kier molecular flexibility index (Phi) is 6.18. The Balaban J connectivity index is 1.43. The summed E-state index contributed by atoms with van der Waals surface area (Å²) in [7, 11) is 0. The summed E-state index contributed by atoms with van der Waals surface area (Å²) in [5.74, 6) is -1.62. The normalized spacial score (nSPS) is 10.9. The van der Waals surface area contributed by atoms with Gasteiger partial charge in [0.2, 0.25) is 0 Å². The fourth-order valence-corrected chi connectivity index (χ4v) is 3.08. The maximum atomic E-state index is 13.8. The number of carbonyl (C=O) groups is 1. The zero-order valence-corrected chi connectivity index (χ0v) is 17.6. The van der Waals surface area contributed by atoms with E-state index in [-0.39, 0.29) is 18.1 Å². The lowest BCUT2D eigenvalue weighted by Gasteiger charge is -2.07. The molecule has 164 valence electrons. The summed E-state index contributed by atoms with van der Waals surface area (Å²) in [4.78, 5) is 12.7. The van der Waals surface area contributed by atoms with Gasteiger partial charge in [-0.2, -0.15) is 5.10 Å². The molecule has 2 aromatic heterocycles. The average molecular weight is 459 g/mol. The first kappa shape index (κ1) is 21.5. The lowest BCUT2D eigenvalue weighted by atomic mass is 10.2. The summed E-state index contributed by atoms with van der Waals surface area (Å²) in [6.07, 6.45) is 1.72. The second kappa shape index (κ2) is 9.19. The minimum absolute atomic E-state index is 0.0164. The van der Waals surface area contributed by atoms with Crippen LogP contribution in [0.15, 0.2) is 59.3 Å². The molecule has 2 aromatic carbocycles. The van der Waals surface area contributed by atoms with Gasteiger partial charge in [-0.15, -0.1) is 0 Å². The van der Waals surface area contributed by atoms with Crippen LogP contribution in [0.2, 0.25) is 5.02 Å². The Hall–Kier alpha value is -3.72. The fourth-order valence-electron chi connectivity index (χ4n) is 2.95. The van der Waals surface area contributed by atoms with Crippen molar-refractivity contribution in [1.82, 2.24) is 14.9 Å². The van der Waals surface area contributed by atoms with Gasteiger partial charge in [0.25, 0.3) is 5.91 Å². The van der Waals surface area contributed by atoms with Crippen LogP contribution in [0.4, 0.5) is 14.6 Å². The fraction of sp³-hybridized carbons (Fsp3) is 0.136. The standard InChI is InChI=1S/C22H17ClF2N4O3/c1-13-17(12-31-19-7-6-16(24)10-18(19)25)21(28-32-13)22(30)26-20-8-9-29(27-20)11-14-2-4-15(23)5-3-14/h2-10H,11-12H2,1H3,(H,26,27,30). The van der Waals surface area contributed by atoms with Gasteiger partial charge >= 0.3 is 0 Å². The molecule has 0 unspecified atom stereocenters. The molecule has 7 nitrogen and oxygen atoms in total. The monoisotopic (exact) mass is 458 g/mol. The number of halogens is 3. The summed E-state index contributed by atoms with van der Waals surface area (Å²) in [5, 5.41) is 11.4. The first-order chi connectivity index (χ1) is 15.4. The van der Waals surface area contributed by atoms with Crippen LogP contribution < -0.4 is 10.1 Å². The van der Waals surface area contributed by atoms with Gasteiger partial charge < -0.3 is 14.6 Å². The summed E-state index contributed by atoms with van der Waals surface area (Å²) in [6.45, 7) is 1.91. The van der Waals surface area contributed by atoms with Crippen molar-refractivity contribution in [3.8, 4) is 5.75 Å². The van der Waals surface area contributed by atoms with Gasteiger partial charge in [0.05, 0.1) is 12.1 Å². The molecule has 0 aliphatic carbocycles. The molecular formula is C22H17ClF2N4O3. The number of nitrogens with one attached hydrogen (secondary N) is 1. The first-order valence-corrected chi connectivity index (χ1v) is 9.89. The molecule has 4 aromatic rings. The Morgan fingerprint density at radius 2 is 1.97 bits per heavy atom. The highest BCUT2D eigenvalue weighted by molar-refractivity contribution is 6.30. The number of aromatic nitrogens is 3. The van der Waals surface area contributed by atoms with Gasteiger partial charge in [-0.3, -0.25) is 9.48 Å². The Morgan fingerprint density at radius 1 is 1.19 bits per heavy atom. The molecule has 32 heavy (non-hydrogen) atoms. The second-order valence-corrected chi connectivity index (χ2v) is 7.34. The zero-order valence-electron chi connectivity index (χ0n) is 16.8. The molecule has 2 heterocycles. The Labute approximate surface area is 186 Å². The van der Waals surface area contributed by atoms with Crippen molar-refractivity contribution in [2.75, 3.05) is 5.32 Å². The van der Waals surface area contributed by atoms with E-state index in [1.54, 1.807) is 36.0 Å². The van der Waals surface area contributed by atoms with E-state index in [1.807, 2.05) is 12.1 Å². The number of hydrogen-bond donors (Lipinski definition) is 1. The second-order valence-electron chi connectivity index (χ2n) is 6.91. The van der Waals surface area contributed by atoms with Crippen LogP contribution >= 0.6 is 11.6 Å². The minimum Gasteiger partial charge on any atom is -0.486 e. The number of amides is 1. The molecular weight excluding hydrogens is 442 g/mol. The number of anilines is 1. The number of carbonyl (C=O) groups excluding carboxylic acids is 1. The number of nitrogens with zero attached hydrogens (tertiary/aromatic N) is 3. The van der Waals surface area contributed by atoms with Crippen molar-refractivity contribution in [3.05, 3.63) is 94.0 Å². The van der Waals surface area contributed by atoms with Gasteiger partial charge in [0.1, 0.15) is 18.2 Å². The summed E-state index contributed by atoms with van der Waals surface area (Å²) < 4.78 is 39.0. The lowest BCUT2D eigenvalue weighted by Crippen LogP contribution is -2.16. The molecule has 0 fully saturated rings. The highest BCUT2D eigenvalue weighted by Crippen LogP contribution is 2.22. The van der Waals surface area contributed by atoms with Crippen LogP contribution in [-0.4, -0.2) is 20.8 Å². The molecule has 1 N–H and O–H groups in total. The third-order valence-electron chi connectivity index (χ3n) is 4.61. The van der Waals surface area contributed by atoms with Crippen molar-refractivity contribution >= 4 is 23.3 Å². The third kappa shape index (κ3) is 4.94. The van der Waals surface area contributed by atoms with Crippen LogP contribution in [0.5, 0.6) is 5.75 Å². The maximum absolute atomic E-state index is 13.8. The van der Waals surface area contributed by atoms with E-state index in [9.17, 15) is 13.6 Å². The van der Waals surface area contributed by atoms with Crippen LogP contribution in [0, 0.1) is 18.6 Å². The molecule has 0 aliphatic heterocycles. The van der Waals surface area contributed by atoms with Gasteiger partial charge in [-0.1, -0.05) is 28.9 Å². The Bertz CT molecular complexity index is 1250. The van der Waals surface area contributed by atoms with Crippen molar-refractivity contribution in [2.45, 2.75) is 20.1 Å². The summed E-state index contributed by atoms with van der Waals surface area (Å²) in [5.41, 5.74) is 1.32. The van der Waals surface area contributed by atoms with Crippen LogP contribution in [0.1, 0.15) is 27.4 Å². The van der Waals surface area contributed by atoms with Gasteiger partial charge in [0.15, 0.2) is 23.1 Å². The summed E-state index contributed by atoms with van der Waals surface area (Å²) >= 11 is 5.89. The number of benzene rings is 2. The van der Waals surface area contributed by atoms with E-state index in [2.05, 4.69) is 15.6 Å². The molecule has 0 atom stereocenters. The zero-order chi connectivity index (χ0) is 22.7. The molecule has 1 amide bonds. The topological polar surface area (TPSA) is 82.2 Å². The molecule has 0 spiro atoms. The molecule has 4 rings (SSSR count). The predicted molar refractivity (Wildman–Crippen MR) is 113 cm³/mol. The van der Waals surface area contributed by atoms with Gasteiger partial charge in [-0.25, -0.2) is 8.78 Å². The van der Waals surface area contributed by atoms with Crippen LogP contribution in [-0.2, 0) is 13.2 Å². The van der Waals surface area contributed by atoms with E-state index in [4.69, 9.17) is 20.9 Å². The quantitative estimate of drug-likeness (QED) is 0.422. The molecule has 0 aliphatic rings. The number of hydrogen-bond acceptors (Lipinski definition) is 5. The van der Waals surface area contributed by atoms with Crippen molar-refractivity contribution in [3.63, 3.8) is 0 Å². The van der Waals surface area contributed by atoms with E-state index in [0.717, 1.165) is 11.6 Å². The maximum Gasteiger partial charge on any atom is 0.279 e. The summed E-state index contributed by atoms with van der Waals surface area (Å²) in [6, 6.07) is 11.9. The largest absolute Gasteiger partial charge is 0.486 e. The molecule has 0 bridgehead atoms. The smallest absolute Gasteiger partial charge is 0.279 e. The van der Waals surface area contributed by atoms with Crippen LogP contribution in [0.25, 0.3) is 0 Å². The third-order valence-corrected chi connectivity index (χ3v) is 4.86. The highest BCUT2D eigenvalue weighted by Gasteiger charge is 2.21. The van der Waals surface area contributed by atoms with E-state index in [1.165, 1.54) is 6.07 Å². The van der Waals surface area contributed by atoms with Crippen molar-refractivity contribution < 1.29 is 22.8 Å². The van der Waals surface area contributed by atoms with Crippen LogP contribution in [0.3, 0.4) is 0 Å². The van der Waals surface area contributed by atoms with E-state index < -0.39 is 17.5 Å². The molecule has 10 heteroatoms. The number of rotatable bonds is 7. The first-order valence-electron chi connectivity index (χ1n) is 9.51. The Morgan fingerprint density at radius 3 is 2.72 bits per heavy atom. The lowest BCUT2D eigenvalue weighted by molar-refractivity contribution is 0.101. The van der Waals surface area contributed by atoms with E-state index in [0.29, 0.717) is 34.8 Å². The SMILES string of the molecule is Cc1onc(C(=O)Nc2ccn(Cc3ccc(Cl)cc3)n2)c1COc1ccc(F)cc1F. The highest BCUT2D eigenvalue weighted by atomic mass is 35.5. The molecule has 0 saturated heterocycles. The average Bonchev–Trinajstić information content (AvgIpc) is 3.35. The van der Waals surface area contributed by atoms with Gasteiger partial charge in [-0.05, 0) is 36.8 Å². The molecule has 0 saturated carbocycles. The number of aryl methyl sites for hydroxylation is 1. The van der Waals surface area contributed by atoms with E-state index >= 15 is 0 Å². The molecule has 0 radical (unpaired) electrons. The van der Waals surface area contributed by atoms with Gasteiger partial charge in [0, 0.05) is 23.4 Å². The minimum atomic E-state index is -0.851. The predicted octanol–water partition coefficient (Wildman–Crippen LogP) is 4.99. The number of ether oxygens (including phenoxy) is 1. The van der Waals surface area contributed by atoms with Crippen molar-refractivity contribution in [2.24, 2.45) is 0 Å².